The molecular weight excluding hydrogens is 325 g/mol. The van der Waals surface area contributed by atoms with E-state index in [2.05, 4.69) is 15.9 Å². The molecule has 2 aromatic carbocycles. The molecule has 0 aliphatic heterocycles. The monoisotopic (exact) mass is 337 g/mol. The van der Waals surface area contributed by atoms with Crippen LogP contribution in [0.5, 0.6) is 0 Å². The molecule has 0 radical (unpaired) electrons. The van der Waals surface area contributed by atoms with E-state index in [-0.39, 0.29) is 11.4 Å². The van der Waals surface area contributed by atoms with Crippen LogP contribution >= 0.6 is 15.9 Å². The summed E-state index contributed by atoms with van der Waals surface area (Å²) in [6, 6.07) is 11.2. The zero-order valence-corrected chi connectivity index (χ0v) is 12.4. The van der Waals surface area contributed by atoms with Crippen molar-refractivity contribution in [2.24, 2.45) is 0 Å². The normalized spacial score (nSPS) is 10.3. The number of nitrogens with zero attached hydrogens (tertiary/aromatic N) is 1. The van der Waals surface area contributed by atoms with Gasteiger partial charge in [0.05, 0.1) is 11.3 Å². The minimum Gasteiger partial charge on any atom is -0.478 e. The highest BCUT2D eigenvalue weighted by molar-refractivity contribution is 9.10. The van der Waals surface area contributed by atoms with E-state index in [0.717, 1.165) is 10.0 Å². The molecule has 0 aromatic heterocycles. The molecule has 0 heterocycles. The topological polar surface area (TPSA) is 40.5 Å². The summed E-state index contributed by atoms with van der Waals surface area (Å²) in [4.78, 5) is 13.0. The first kappa shape index (κ1) is 14.5. The van der Waals surface area contributed by atoms with E-state index >= 15 is 0 Å². The summed E-state index contributed by atoms with van der Waals surface area (Å²) in [5.74, 6) is -1.29. The Morgan fingerprint density at radius 3 is 2.70 bits per heavy atom. The first-order valence-electron chi connectivity index (χ1n) is 5.96. The van der Waals surface area contributed by atoms with Crippen molar-refractivity contribution in [1.82, 2.24) is 0 Å². The van der Waals surface area contributed by atoms with Gasteiger partial charge in [-0.2, -0.15) is 0 Å². The van der Waals surface area contributed by atoms with Gasteiger partial charge in [0, 0.05) is 18.1 Å². The highest BCUT2D eigenvalue weighted by Crippen LogP contribution is 2.25. The Morgan fingerprint density at radius 1 is 1.30 bits per heavy atom. The molecule has 20 heavy (non-hydrogen) atoms. The Bertz CT molecular complexity index is 646. The predicted molar refractivity (Wildman–Crippen MR) is 79.6 cm³/mol. The summed E-state index contributed by atoms with van der Waals surface area (Å²) in [7, 11) is 1.78. The lowest BCUT2D eigenvalue weighted by Crippen LogP contribution is -2.19. The van der Waals surface area contributed by atoms with Gasteiger partial charge in [0.15, 0.2) is 0 Å². The van der Waals surface area contributed by atoms with Gasteiger partial charge in [0.1, 0.15) is 5.82 Å². The first-order chi connectivity index (χ1) is 9.47. The van der Waals surface area contributed by atoms with Crippen LogP contribution in [0.3, 0.4) is 0 Å². The van der Waals surface area contributed by atoms with Crippen molar-refractivity contribution in [3.8, 4) is 0 Å². The summed E-state index contributed by atoms with van der Waals surface area (Å²) in [6.07, 6.45) is 0. The van der Waals surface area contributed by atoms with E-state index in [4.69, 9.17) is 0 Å². The average molecular weight is 338 g/mol. The lowest BCUT2D eigenvalue weighted by atomic mass is 10.1. The van der Waals surface area contributed by atoms with E-state index in [0.29, 0.717) is 12.2 Å². The fraction of sp³-hybridized carbons (Fsp3) is 0.133. The number of carbonyl (C=O) groups is 1. The van der Waals surface area contributed by atoms with E-state index in [1.807, 2.05) is 0 Å². The first-order valence-corrected chi connectivity index (χ1v) is 6.75. The second-order valence-electron chi connectivity index (χ2n) is 4.45. The molecule has 0 spiro atoms. The SMILES string of the molecule is CN(Cc1cccc(F)c1)c1cc(Br)ccc1C(=O)O. The Hall–Kier alpha value is -1.88. The van der Waals surface area contributed by atoms with Crippen LogP contribution in [0.4, 0.5) is 10.1 Å². The smallest absolute Gasteiger partial charge is 0.337 e. The van der Waals surface area contributed by atoms with Crippen LogP contribution < -0.4 is 4.90 Å². The molecule has 0 saturated carbocycles. The number of carboxylic acid groups (broad SMARTS) is 1. The van der Waals surface area contributed by atoms with E-state index in [9.17, 15) is 14.3 Å². The van der Waals surface area contributed by atoms with Gasteiger partial charge in [0.2, 0.25) is 0 Å². The van der Waals surface area contributed by atoms with Crippen LogP contribution in [0.25, 0.3) is 0 Å². The van der Waals surface area contributed by atoms with Gasteiger partial charge in [-0.3, -0.25) is 0 Å². The third kappa shape index (κ3) is 3.36. The molecule has 0 fully saturated rings. The quantitative estimate of drug-likeness (QED) is 0.919. The molecule has 1 N–H and O–H groups in total. The van der Waals surface area contributed by atoms with Crippen molar-refractivity contribution in [3.63, 3.8) is 0 Å². The maximum Gasteiger partial charge on any atom is 0.337 e. The van der Waals surface area contributed by atoms with Gasteiger partial charge in [-0.05, 0) is 35.9 Å². The van der Waals surface area contributed by atoms with Crippen molar-refractivity contribution in [3.05, 3.63) is 63.9 Å². The molecule has 104 valence electrons. The van der Waals surface area contributed by atoms with Gasteiger partial charge in [-0.1, -0.05) is 28.1 Å². The number of hydrogen-bond donors (Lipinski definition) is 1. The van der Waals surface area contributed by atoms with Gasteiger partial charge < -0.3 is 10.0 Å². The third-order valence-electron chi connectivity index (χ3n) is 2.91. The minimum atomic E-state index is -0.987. The Morgan fingerprint density at radius 2 is 2.05 bits per heavy atom. The molecule has 0 amide bonds. The number of benzene rings is 2. The summed E-state index contributed by atoms with van der Waals surface area (Å²) >= 11 is 3.33. The minimum absolute atomic E-state index is 0.215. The summed E-state index contributed by atoms with van der Waals surface area (Å²) in [5, 5.41) is 9.21. The zero-order valence-electron chi connectivity index (χ0n) is 10.8. The maximum atomic E-state index is 13.2. The lowest BCUT2D eigenvalue weighted by Gasteiger charge is -2.21. The number of aromatic carboxylic acids is 1. The fourth-order valence-corrected chi connectivity index (χ4v) is 2.34. The third-order valence-corrected chi connectivity index (χ3v) is 3.40. The van der Waals surface area contributed by atoms with Gasteiger partial charge in [-0.15, -0.1) is 0 Å². The Labute approximate surface area is 124 Å². The fourth-order valence-electron chi connectivity index (χ4n) is 2.00. The van der Waals surface area contributed by atoms with Gasteiger partial charge >= 0.3 is 5.97 Å². The molecule has 5 heteroatoms. The van der Waals surface area contributed by atoms with Crippen LogP contribution in [0, 0.1) is 5.82 Å². The molecular formula is C15H13BrFNO2. The summed E-state index contributed by atoms with van der Waals surface area (Å²) in [5.41, 5.74) is 1.58. The molecule has 0 bridgehead atoms. The highest BCUT2D eigenvalue weighted by atomic mass is 79.9. The van der Waals surface area contributed by atoms with E-state index < -0.39 is 5.97 Å². The second-order valence-corrected chi connectivity index (χ2v) is 5.37. The van der Waals surface area contributed by atoms with Crippen LogP contribution in [-0.4, -0.2) is 18.1 Å². The number of carboxylic acids is 1. The second kappa shape index (κ2) is 6.05. The largest absolute Gasteiger partial charge is 0.478 e. The van der Waals surface area contributed by atoms with E-state index in [1.54, 1.807) is 42.3 Å². The standard InChI is InChI=1S/C15H13BrFNO2/c1-18(9-10-3-2-4-12(17)7-10)14-8-11(16)5-6-13(14)15(19)20/h2-8H,9H2,1H3,(H,19,20). The molecule has 0 saturated heterocycles. The Kier molecular flexibility index (Phi) is 4.39. The molecule has 2 aromatic rings. The zero-order chi connectivity index (χ0) is 14.7. The summed E-state index contributed by atoms with van der Waals surface area (Å²) in [6.45, 7) is 0.425. The van der Waals surface area contributed by atoms with E-state index in [1.165, 1.54) is 12.1 Å². The predicted octanol–water partition coefficient (Wildman–Crippen LogP) is 3.92. The van der Waals surface area contributed by atoms with Crippen molar-refractivity contribution in [2.45, 2.75) is 6.54 Å². The number of rotatable bonds is 4. The van der Waals surface area contributed by atoms with Crippen LogP contribution in [0.15, 0.2) is 46.9 Å². The van der Waals surface area contributed by atoms with Gasteiger partial charge in [0.25, 0.3) is 0 Å². The molecule has 0 unspecified atom stereocenters. The highest BCUT2D eigenvalue weighted by Gasteiger charge is 2.14. The number of anilines is 1. The lowest BCUT2D eigenvalue weighted by molar-refractivity contribution is 0.0697. The maximum absolute atomic E-state index is 13.2. The number of hydrogen-bond acceptors (Lipinski definition) is 2. The average Bonchev–Trinajstić information content (AvgIpc) is 2.38. The van der Waals surface area contributed by atoms with Crippen molar-refractivity contribution in [1.29, 1.82) is 0 Å². The van der Waals surface area contributed by atoms with Crippen molar-refractivity contribution >= 4 is 27.6 Å². The van der Waals surface area contributed by atoms with Gasteiger partial charge in [-0.25, -0.2) is 9.18 Å². The molecule has 3 nitrogen and oxygen atoms in total. The molecule has 0 aliphatic carbocycles. The molecule has 0 atom stereocenters. The molecule has 2 rings (SSSR count). The summed E-state index contributed by atoms with van der Waals surface area (Å²) < 4.78 is 14.0. The molecule has 0 aliphatic rings. The van der Waals surface area contributed by atoms with Crippen LogP contribution in [-0.2, 0) is 6.54 Å². The van der Waals surface area contributed by atoms with Crippen LogP contribution in [0.1, 0.15) is 15.9 Å². The Balaban J connectivity index is 2.31. The number of halogens is 2. The van der Waals surface area contributed by atoms with Crippen molar-refractivity contribution < 1.29 is 14.3 Å². The van der Waals surface area contributed by atoms with Crippen LogP contribution in [0.2, 0.25) is 0 Å². The van der Waals surface area contributed by atoms with Crippen molar-refractivity contribution in [2.75, 3.05) is 11.9 Å².